The molecule has 0 N–H and O–H groups in total. The number of aryl methyl sites for hydroxylation is 2. The Bertz CT molecular complexity index is 473. The summed E-state index contributed by atoms with van der Waals surface area (Å²) in [6.45, 7) is 1.95. The van der Waals surface area contributed by atoms with E-state index < -0.39 is 0 Å². The smallest absolute Gasteiger partial charge is 0.147 e. The highest BCUT2D eigenvalue weighted by atomic mass is 15.4. The fourth-order valence-corrected chi connectivity index (χ4v) is 2.27. The summed E-state index contributed by atoms with van der Waals surface area (Å²) < 4.78 is 2.07. The summed E-state index contributed by atoms with van der Waals surface area (Å²) in [5.41, 5.74) is 1.33. The molecule has 0 aliphatic carbocycles. The number of benzene rings is 1. The van der Waals surface area contributed by atoms with Crippen molar-refractivity contribution in [2.75, 3.05) is 0 Å². The Hall–Kier alpha value is -1.64. The van der Waals surface area contributed by atoms with Crippen LogP contribution in [0.1, 0.15) is 29.7 Å². The highest BCUT2D eigenvalue weighted by molar-refractivity contribution is 5.22. The van der Waals surface area contributed by atoms with Crippen molar-refractivity contribution in [1.82, 2.24) is 14.8 Å². The van der Waals surface area contributed by atoms with Crippen molar-refractivity contribution in [3.8, 4) is 0 Å². The van der Waals surface area contributed by atoms with E-state index in [1.165, 1.54) is 5.56 Å². The monoisotopic (exact) mass is 199 g/mol. The SMILES string of the molecule is Cc1nc2n(n1)C(c1ccccc1)CC2. The lowest BCUT2D eigenvalue weighted by atomic mass is 10.1. The van der Waals surface area contributed by atoms with E-state index >= 15 is 0 Å². The van der Waals surface area contributed by atoms with Crippen molar-refractivity contribution in [1.29, 1.82) is 0 Å². The van der Waals surface area contributed by atoms with Gasteiger partial charge in [-0.05, 0) is 18.9 Å². The first-order valence-electron chi connectivity index (χ1n) is 5.31. The number of hydrogen-bond acceptors (Lipinski definition) is 2. The van der Waals surface area contributed by atoms with Crippen LogP contribution in [0.4, 0.5) is 0 Å². The van der Waals surface area contributed by atoms with Crippen molar-refractivity contribution in [3.05, 3.63) is 47.5 Å². The summed E-state index contributed by atoms with van der Waals surface area (Å²) in [5.74, 6) is 2.01. The average molecular weight is 199 g/mol. The molecule has 76 valence electrons. The molecule has 0 saturated heterocycles. The Morgan fingerprint density at radius 2 is 2.07 bits per heavy atom. The summed E-state index contributed by atoms with van der Waals surface area (Å²) >= 11 is 0. The van der Waals surface area contributed by atoms with Gasteiger partial charge >= 0.3 is 0 Å². The van der Waals surface area contributed by atoms with Gasteiger partial charge in [0.2, 0.25) is 0 Å². The zero-order valence-corrected chi connectivity index (χ0v) is 8.72. The van der Waals surface area contributed by atoms with Crippen LogP contribution in [0.15, 0.2) is 30.3 Å². The van der Waals surface area contributed by atoms with E-state index in [-0.39, 0.29) is 0 Å². The fraction of sp³-hybridized carbons (Fsp3) is 0.333. The number of fused-ring (bicyclic) bond motifs is 1. The van der Waals surface area contributed by atoms with Crippen LogP contribution in [0.3, 0.4) is 0 Å². The van der Waals surface area contributed by atoms with Crippen LogP contribution in [0.5, 0.6) is 0 Å². The first-order chi connectivity index (χ1) is 7.34. The molecule has 3 heteroatoms. The molecule has 1 aliphatic heterocycles. The van der Waals surface area contributed by atoms with Crippen LogP contribution in [-0.2, 0) is 6.42 Å². The summed E-state index contributed by atoms with van der Waals surface area (Å²) in [5, 5.41) is 4.45. The largest absolute Gasteiger partial charge is 0.242 e. The second-order valence-electron chi connectivity index (χ2n) is 3.98. The Kier molecular flexibility index (Phi) is 1.84. The van der Waals surface area contributed by atoms with Crippen LogP contribution in [0.2, 0.25) is 0 Å². The van der Waals surface area contributed by atoms with Crippen molar-refractivity contribution in [2.45, 2.75) is 25.8 Å². The predicted octanol–water partition coefficient (Wildman–Crippen LogP) is 2.12. The zero-order valence-electron chi connectivity index (χ0n) is 8.72. The van der Waals surface area contributed by atoms with Gasteiger partial charge in [0, 0.05) is 6.42 Å². The van der Waals surface area contributed by atoms with Gasteiger partial charge in [-0.15, -0.1) is 0 Å². The van der Waals surface area contributed by atoms with Gasteiger partial charge in [-0.2, -0.15) is 5.10 Å². The second-order valence-corrected chi connectivity index (χ2v) is 3.98. The van der Waals surface area contributed by atoms with Crippen molar-refractivity contribution in [3.63, 3.8) is 0 Å². The molecule has 1 atom stereocenters. The molecule has 1 aromatic heterocycles. The maximum absolute atomic E-state index is 4.45. The molecule has 1 aliphatic rings. The minimum absolute atomic E-state index is 0.391. The van der Waals surface area contributed by atoms with E-state index in [2.05, 4.69) is 39.0 Å². The predicted molar refractivity (Wildman–Crippen MR) is 57.7 cm³/mol. The van der Waals surface area contributed by atoms with Gasteiger partial charge in [0.25, 0.3) is 0 Å². The van der Waals surface area contributed by atoms with E-state index in [9.17, 15) is 0 Å². The third-order valence-electron chi connectivity index (χ3n) is 2.93. The molecule has 0 amide bonds. The van der Waals surface area contributed by atoms with Gasteiger partial charge in [0.05, 0.1) is 6.04 Å². The zero-order chi connectivity index (χ0) is 10.3. The molecule has 15 heavy (non-hydrogen) atoms. The van der Waals surface area contributed by atoms with Gasteiger partial charge < -0.3 is 0 Å². The molecule has 2 heterocycles. The van der Waals surface area contributed by atoms with Gasteiger partial charge in [-0.1, -0.05) is 30.3 Å². The average Bonchev–Trinajstić information content (AvgIpc) is 2.77. The van der Waals surface area contributed by atoms with Crippen LogP contribution >= 0.6 is 0 Å². The van der Waals surface area contributed by atoms with E-state index in [1.54, 1.807) is 0 Å². The molecular weight excluding hydrogens is 186 g/mol. The lowest BCUT2D eigenvalue weighted by molar-refractivity contribution is 0.551. The number of nitrogens with zero attached hydrogens (tertiary/aromatic N) is 3. The summed E-state index contributed by atoms with van der Waals surface area (Å²) in [6.07, 6.45) is 2.17. The Balaban J connectivity index is 2.03. The van der Waals surface area contributed by atoms with E-state index in [1.807, 2.05) is 13.0 Å². The summed E-state index contributed by atoms with van der Waals surface area (Å²) in [4.78, 5) is 4.42. The fourth-order valence-electron chi connectivity index (χ4n) is 2.27. The third-order valence-corrected chi connectivity index (χ3v) is 2.93. The third kappa shape index (κ3) is 1.35. The van der Waals surface area contributed by atoms with Crippen LogP contribution in [0, 0.1) is 6.92 Å². The van der Waals surface area contributed by atoms with E-state index in [0.717, 1.165) is 24.5 Å². The summed E-state index contributed by atoms with van der Waals surface area (Å²) in [7, 11) is 0. The molecule has 0 saturated carbocycles. The molecule has 0 radical (unpaired) electrons. The second kappa shape index (κ2) is 3.19. The molecular formula is C12H13N3. The van der Waals surface area contributed by atoms with Gasteiger partial charge in [-0.3, -0.25) is 0 Å². The van der Waals surface area contributed by atoms with Crippen LogP contribution in [0.25, 0.3) is 0 Å². The minimum atomic E-state index is 0.391. The van der Waals surface area contributed by atoms with E-state index in [0.29, 0.717) is 6.04 Å². The van der Waals surface area contributed by atoms with Crippen molar-refractivity contribution in [2.24, 2.45) is 0 Å². The Morgan fingerprint density at radius 3 is 2.87 bits per heavy atom. The standard InChI is InChI=1S/C12H13N3/c1-9-13-12-8-7-11(15(12)14-9)10-5-3-2-4-6-10/h2-6,11H,7-8H2,1H3. The molecule has 1 aromatic carbocycles. The van der Waals surface area contributed by atoms with Gasteiger partial charge in [0.15, 0.2) is 0 Å². The van der Waals surface area contributed by atoms with Gasteiger partial charge in [-0.25, -0.2) is 9.67 Å². The summed E-state index contributed by atoms with van der Waals surface area (Å²) in [6, 6.07) is 10.9. The molecule has 3 nitrogen and oxygen atoms in total. The van der Waals surface area contributed by atoms with E-state index in [4.69, 9.17) is 0 Å². The van der Waals surface area contributed by atoms with Crippen molar-refractivity contribution >= 4 is 0 Å². The highest BCUT2D eigenvalue weighted by Crippen LogP contribution is 2.29. The highest BCUT2D eigenvalue weighted by Gasteiger charge is 2.25. The first kappa shape index (κ1) is 8.65. The lowest BCUT2D eigenvalue weighted by Gasteiger charge is -2.11. The molecule has 2 aromatic rings. The Morgan fingerprint density at radius 1 is 1.27 bits per heavy atom. The maximum Gasteiger partial charge on any atom is 0.147 e. The Labute approximate surface area is 88.8 Å². The molecule has 3 rings (SSSR count). The quantitative estimate of drug-likeness (QED) is 0.704. The topological polar surface area (TPSA) is 30.7 Å². The molecule has 0 fully saturated rings. The van der Waals surface area contributed by atoms with Crippen molar-refractivity contribution < 1.29 is 0 Å². The maximum atomic E-state index is 4.45. The minimum Gasteiger partial charge on any atom is -0.242 e. The van der Waals surface area contributed by atoms with Gasteiger partial charge in [0.1, 0.15) is 11.6 Å². The van der Waals surface area contributed by atoms with Crippen LogP contribution in [-0.4, -0.2) is 14.8 Å². The number of hydrogen-bond donors (Lipinski definition) is 0. The number of aromatic nitrogens is 3. The first-order valence-corrected chi connectivity index (χ1v) is 5.31. The molecule has 1 unspecified atom stereocenters. The molecule has 0 spiro atoms. The normalized spacial score (nSPS) is 19.1. The molecule has 0 bridgehead atoms. The number of rotatable bonds is 1. The van der Waals surface area contributed by atoms with Crippen LogP contribution < -0.4 is 0 Å². The lowest BCUT2D eigenvalue weighted by Crippen LogP contribution is -2.07.